The van der Waals surface area contributed by atoms with Crippen molar-refractivity contribution in [2.24, 2.45) is 0 Å². The minimum absolute atomic E-state index is 0.311. The molecule has 3 aromatic rings. The molecule has 172 valence electrons. The van der Waals surface area contributed by atoms with E-state index in [1.807, 2.05) is 43.0 Å². The average Bonchev–Trinajstić information content (AvgIpc) is 3.23. The summed E-state index contributed by atoms with van der Waals surface area (Å²) in [5, 5.41) is 7.06. The van der Waals surface area contributed by atoms with Crippen molar-refractivity contribution in [3.05, 3.63) is 69.2 Å². The summed E-state index contributed by atoms with van der Waals surface area (Å²) in [6, 6.07) is 14.4. The quantitative estimate of drug-likeness (QED) is 0.522. The van der Waals surface area contributed by atoms with Crippen LogP contribution in [0.1, 0.15) is 13.8 Å². The van der Waals surface area contributed by atoms with Crippen LogP contribution in [0.2, 0.25) is 0 Å². The Morgan fingerprint density at radius 1 is 0.970 bits per heavy atom. The molecule has 0 aliphatic carbocycles. The number of nitrogens with zero attached hydrogens (tertiary/aromatic N) is 4. The maximum Gasteiger partial charge on any atom is 0.333 e. The molecule has 1 amide bonds. The van der Waals surface area contributed by atoms with Crippen molar-refractivity contribution < 1.29 is 14.3 Å². The van der Waals surface area contributed by atoms with E-state index in [0.717, 1.165) is 16.1 Å². The molecule has 1 N–H and O–H groups in total. The van der Waals surface area contributed by atoms with E-state index in [-0.39, 0.29) is 0 Å². The van der Waals surface area contributed by atoms with Crippen molar-refractivity contribution in [3.63, 3.8) is 0 Å². The molecule has 0 atom stereocenters. The van der Waals surface area contributed by atoms with Gasteiger partial charge in [0.15, 0.2) is 0 Å². The van der Waals surface area contributed by atoms with Crippen LogP contribution in [0.25, 0.3) is 0 Å². The van der Waals surface area contributed by atoms with Crippen molar-refractivity contribution in [2.75, 3.05) is 30.0 Å². The third-order valence-corrected chi connectivity index (χ3v) is 5.12. The predicted octanol–water partition coefficient (Wildman–Crippen LogP) is 1.99. The molecule has 0 radical (unpaired) electrons. The van der Waals surface area contributed by atoms with Crippen LogP contribution in [-0.2, 0) is 17.9 Å². The van der Waals surface area contributed by atoms with Gasteiger partial charge in [-0.15, -0.1) is 5.10 Å². The van der Waals surface area contributed by atoms with Crippen molar-refractivity contribution in [2.45, 2.75) is 26.9 Å². The van der Waals surface area contributed by atoms with Crippen molar-refractivity contribution in [1.82, 2.24) is 14.3 Å². The van der Waals surface area contributed by atoms with E-state index < -0.39 is 23.6 Å². The highest BCUT2D eigenvalue weighted by atomic mass is 16.5. The smallest absolute Gasteiger partial charge is 0.333 e. The Hall–Kier alpha value is -4.08. The van der Waals surface area contributed by atoms with Gasteiger partial charge >= 0.3 is 11.1 Å². The number of rotatable bonds is 8. The molecule has 2 heterocycles. The number of hydrogen-bond acceptors (Lipinski definition) is 7. The first-order valence-corrected chi connectivity index (χ1v) is 10.8. The first-order chi connectivity index (χ1) is 16.0. The van der Waals surface area contributed by atoms with Gasteiger partial charge in [0.1, 0.15) is 18.0 Å². The van der Waals surface area contributed by atoms with Crippen LogP contribution >= 0.6 is 0 Å². The van der Waals surface area contributed by atoms with Crippen LogP contribution in [0, 0.1) is 0 Å². The van der Waals surface area contributed by atoms with Crippen LogP contribution < -0.4 is 30.8 Å². The van der Waals surface area contributed by atoms with E-state index in [9.17, 15) is 14.4 Å². The fourth-order valence-corrected chi connectivity index (χ4v) is 3.64. The van der Waals surface area contributed by atoms with Gasteiger partial charge in [0.05, 0.1) is 18.9 Å². The highest BCUT2D eigenvalue weighted by molar-refractivity contribution is 5.92. The lowest BCUT2D eigenvalue weighted by molar-refractivity contribution is -0.117. The maximum atomic E-state index is 12.7. The van der Waals surface area contributed by atoms with Gasteiger partial charge < -0.3 is 19.7 Å². The van der Waals surface area contributed by atoms with Gasteiger partial charge in [0.25, 0.3) is 0 Å². The molecule has 33 heavy (non-hydrogen) atoms. The van der Waals surface area contributed by atoms with Crippen LogP contribution in [0.3, 0.4) is 0 Å². The molecule has 0 saturated heterocycles. The van der Waals surface area contributed by atoms with Crippen molar-refractivity contribution in [3.8, 4) is 11.5 Å². The van der Waals surface area contributed by atoms with Gasteiger partial charge in [-0.1, -0.05) is 12.1 Å². The Bertz CT molecular complexity index is 1270. The number of aromatic nitrogens is 3. The van der Waals surface area contributed by atoms with Crippen molar-refractivity contribution in [1.29, 1.82) is 0 Å². The van der Waals surface area contributed by atoms with E-state index >= 15 is 0 Å². The molecule has 0 fully saturated rings. The highest BCUT2D eigenvalue weighted by Gasteiger charge is 2.26. The van der Waals surface area contributed by atoms with Crippen LogP contribution in [0.5, 0.6) is 11.5 Å². The Labute approximate surface area is 190 Å². The van der Waals surface area contributed by atoms with E-state index in [4.69, 9.17) is 9.47 Å². The molecule has 0 spiro atoms. The number of carbonyl (C=O) groups excluding carboxylic acids is 1. The summed E-state index contributed by atoms with van der Waals surface area (Å²) in [7, 11) is 0. The van der Waals surface area contributed by atoms with Gasteiger partial charge in [-0.2, -0.15) is 0 Å². The standard InChI is InChI=1S/C23H25N5O5/c1-3-32-17-11-9-16(10-12-17)26-13-14-27-21(30)22(31)28(25-23(26)27)15-20(29)24-18-7-5-6-8-19(18)33-4-2/h5-12H,3-4,13-15H2,1-2H3,(H,24,29). The molecule has 1 aliphatic rings. The summed E-state index contributed by atoms with van der Waals surface area (Å²) < 4.78 is 13.2. The zero-order chi connectivity index (χ0) is 23.4. The number of para-hydroxylation sites is 2. The molecule has 0 unspecified atom stereocenters. The highest BCUT2D eigenvalue weighted by Crippen LogP contribution is 2.28. The minimum atomic E-state index is -0.847. The number of carbonyl (C=O) groups is 1. The fourth-order valence-electron chi connectivity index (χ4n) is 3.64. The lowest BCUT2D eigenvalue weighted by Gasteiger charge is -2.18. The molecule has 2 aromatic carbocycles. The fraction of sp³-hybridized carbons (Fsp3) is 0.304. The summed E-state index contributed by atoms with van der Waals surface area (Å²) in [5.74, 6) is 1.07. The van der Waals surface area contributed by atoms with E-state index in [1.165, 1.54) is 4.57 Å². The monoisotopic (exact) mass is 451 g/mol. The predicted molar refractivity (Wildman–Crippen MR) is 124 cm³/mol. The molecule has 0 saturated carbocycles. The summed E-state index contributed by atoms with van der Waals surface area (Å²) in [5.41, 5.74) is -0.278. The second-order valence-electron chi connectivity index (χ2n) is 7.28. The number of ether oxygens (including phenoxy) is 2. The molecule has 1 aromatic heterocycles. The lowest BCUT2D eigenvalue weighted by atomic mass is 10.3. The van der Waals surface area contributed by atoms with Gasteiger partial charge in [-0.05, 0) is 50.2 Å². The minimum Gasteiger partial charge on any atom is -0.494 e. The Balaban J connectivity index is 1.59. The van der Waals surface area contributed by atoms with Crippen LogP contribution in [0.4, 0.5) is 17.3 Å². The Kier molecular flexibility index (Phi) is 6.43. The summed E-state index contributed by atoms with van der Waals surface area (Å²) in [4.78, 5) is 39.7. The van der Waals surface area contributed by atoms with Gasteiger partial charge in [0.2, 0.25) is 11.9 Å². The first kappa shape index (κ1) is 22.1. The summed E-state index contributed by atoms with van der Waals surface area (Å²) >= 11 is 0. The van der Waals surface area contributed by atoms with E-state index in [2.05, 4.69) is 10.4 Å². The van der Waals surface area contributed by atoms with Gasteiger partial charge in [-0.3, -0.25) is 19.0 Å². The van der Waals surface area contributed by atoms with Crippen LogP contribution in [-0.4, -0.2) is 40.0 Å². The van der Waals surface area contributed by atoms with Crippen molar-refractivity contribution >= 4 is 23.2 Å². The lowest BCUT2D eigenvalue weighted by Crippen LogP contribution is -2.44. The first-order valence-electron chi connectivity index (χ1n) is 10.8. The Morgan fingerprint density at radius 3 is 2.42 bits per heavy atom. The molecule has 10 heteroatoms. The molecule has 0 bridgehead atoms. The zero-order valence-electron chi connectivity index (χ0n) is 18.5. The SMILES string of the molecule is CCOc1ccc(N2CCn3c2nn(CC(=O)Nc2ccccc2OCC)c(=O)c3=O)cc1. The normalized spacial score (nSPS) is 12.4. The largest absolute Gasteiger partial charge is 0.494 e. The number of anilines is 3. The van der Waals surface area contributed by atoms with E-state index in [0.29, 0.717) is 43.7 Å². The summed E-state index contributed by atoms with van der Waals surface area (Å²) in [6.45, 7) is 5.16. The van der Waals surface area contributed by atoms with Gasteiger partial charge in [0, 0.05) is 18.8 Å². The Morgan fingerprint density at radius 2 is 1.70 bits per heavy atom. The number of benzene rings is 2. The topological polar surface area (TPSA) is 108 Å². The molecule has 4 rings (SSSR count). The molecule has 1 aliphatic heterocycles. The maximum absolute atomic E-state index is 12.7. The zero-order valence-corrected chi connectivity index (χ0v) is 18.5. The molecule has 10 nitrogen and oxygen atoms in total. The van der Waals surface area contributed by atoms with E-state index in [1.54, 1.807) is 24.3 Å². The third-order valence-electron chi connectivity index (χ3n) is 5.12. The third kappa shape index (κ3) is 4.59. The summed E-state index contributed by atoms with van der Waals surface area (Å²) in [6.07, 6.45) is 0. The number of fused-ring (bicyclic) bond motifs is 1. The second kappa shape index (κ2) is 9.60. The number of hydrogen-bond donors (Lipinski definition) is 1. The average molecular weight is 451 g/mol. The van der Waals surface area contributed by atoms with Crippen LogP contribution in [0.15, 0.2) is 58.1 Å². The number of nitrogens with one attached hydrogen (secondary N) is 1. The second-order valence-corrected chi connectivity index (χ2v) is 7.28. The number of amides is 1. The van der Waals surface area contributed by atoms with Gasteiger partial charge in [-0.25, -0.2) is 4.68 Å². The molecular formula is C23H25N5O5. The molecular weight excluding hydrogens is 426 g/mol.